The molecule has 0 spiro atoms. The van der Waals surface area contributed by atoms with Gasteiger partial charge in [-0.3, -0.25) is 9.88 Å². The van der Waals surface area contributed by atoms with Crippen LogP contribution in [0.15, 0.2) is 18.5 Å². The smallest absolute Gasteiger partial charge is 0.0576 e. The highest BCUT2D eigenvalue weighted by Gasteiger charge is 2.33. The molecule has 2 saturated heterocycles. The summed E-state index contributed by atoms with van der Waals surface area (Å²) < 4.78 is 0. The minimum absolute atomic E-state index is 0.572. The molecule has 2 fully saturated rings. The molecule has 3 heterocycles. The van der Waals surface area contributed by atoms with Gasteiger partial charge in [0.2, 0.25) is 0 Å². The fourth-order valence-electron chi connectivity index (χ4n) is 3.66. The second-order valence-electron chi connectivity index (χ2n) is 6.50. The van der Waals surface area contributed by atoms with Crippen molar-refractivity contribution in [2.45, 2.75) is 51.6 Å². The molecule has 0 radical (unpaired) electrons. The van der Waals surface area contributed by atoms with Crippen molar-refractivity contribution in [1.82, 2.24) is 9.88 Å². The van der Waals surface area contributed by atoms with Gasteiger partial charge in [0, 0.05) is 31.7 Å². The van der Waals surface area contributed by atoms with Crippen molar-refractivity contribution in [1.29, 1.82) is 0 Å². The maximum atomic E-state index is 4.43. The standard InChI is InChI=1S/C17H28N4/c1-3-7-19-15-9-17(11-18-10-15)21-13-16-6-4-5-8-20(16)12-14(21)2/h9-11,14,16,19H,3-8,12-13H2,1-2H3. The molecular weight excluding hydrogens is 260 g/mol. The zero-order valence-corrected chi connectivity index (χ0v) is 13.4. The van der Waals surface area contributed by atoms with E-state index in [-0.39, 0.29) is 0 Å². The molecule has 1 N–H and O–H groups in total. The van der Waals surface area contributed by atoms with Crippen LogP contribution >= 0.6 is 0 Å². The van der Waals surface area contributed by atoms with Crippen LogP contribution < -0.4 is 10.2 Å². The minimum atomic E-state index is 0.572. The summed E-state index contributed by atoms with van der Waals surface area (Å²) in [4.78, 5) is 9.68. The predicted octanol–water partition coefficient (Wildman–Crippen LogP) is 2.97. The Morgan fingerprint density at radius 3 is 3.05 bits per heavy atom. The molecule has 1 aromatic heterocycles. The van der Waals surface area contributed by atoms with Crippen LogP contribution in [0.5, 0.6) is 0 Å². The Kier molecular flexibility index (Phi) is 4.63. The van der Waals surface area contributed by atoms with E-state index in [1.807, 2.05) is 12.4 Å². The lowest BCUT2D eigenvalue weighted by Crippen LogP contribution is -2.58. The Balaban J connectivity index is 1.73. The largest absolute Gasteiger partial charge is 0.384 e. The first kappa shape index (κ1) is 14.6. The molecule has 3 rings (SSSR count). The van der Waals surface area contributed by atoms with Crippen molar-refractivity contribution in [2.24, 2.45) is 0 Å². The molecule has 2 aliphatic heterocycles. The van der Waals surface area contributed by atoms with E-state index in [1.54, 1.807) is 0 Å². The first-order valence-electron chi connectivity index (χ1n) is 8.47. The molecule has 4 heteroatoms. The molecule has 0 aromatic carbocycles. The normalized spacial score (nSPS) is 26.5. The zero-order valence-electron chi connectivity index (χ0n) is 13.4. The summed E-state index contributed by atoms with van der Waals surface area (Å²) in [6.07, 6.45) is 9.21. The number of hydrogen-bond acceptors (Lipinski definition) is 4. The first-order chi connectivity index (χ1) is 10.3. The Bertz CT molecular complexity index is 462. The number of piperidine rings is 1. The minimum Gasteiger partial charge on any atom is -0.384 e. The van der Waals surface area contributed by atoms with Gasteiger partial charge in [0.1, 0.15) is 0 Å². The van der Waals surface area contributed by atoms with Gasteiger partial charge in [-0.25, -0.2) is 0 Å². The van der Waals surface area contributed by atoms with Gasteiger partial charge in [0.05, 0.1) is 23.8 Å². The van der Waals surface area contributed by atoms with E-state index in [1.165, 1.54) is 38.0 Å². The Morgan fingerprint density at radius 2 is 2.19 bits per heavy atom. The molecule has 0 amide bonds. The second-order valence-corrected chi connectivity index (χ2v) is 6.50. The molecular formula is C17H28N4. The Hall–Kier alpha value is -1.29. The van der Waals surface area contributed by atoms with Crippen molar-refractivity contribution in [3.8, 4) is 0 Å². The number of nitrogens with one attached hydrogen (secondary N) is 1. The lowest BCUT2D eigenvalue weighted by atomic mass is 9.97. The average Bonchev–Trinajstić information content (AvgIpc) is 2.52. The van der Waals surface area contributed by atoms with E-state index >= 15 is 0 Å². The van der Waals surface area contributed by atoms with E-state index in [2.05, 4.69) is 40.0 Å². The lowest BCUT2D eigenvalue weighted by Gasteiger charge is -2.48. The van der Waals surface area contributed by atoms with Crippen LogP contribution in [0.4, 0.5) is 11.4 Å². The summed E-state index contributed by atoms with van der Waals surface area (Å²) in [5.74, 6) is 0. The number of piperazine rings is 1. The maximum Gasteiger partial charge on any atom is 0.0576 e. The molecule has 2 atom stereocenters. The van der Waals surface area contributed by atoms with E-state index in [4.69, 9.17) is 0 Å². The number of hydrogen-bond donors (Lipinski definition) is 1. The third-order valence-corrected chi connectivity index (χ3v) is 4.82. The number of aromatic nitrogens is 1. The van der Waals surface area contributed by atoms with Crippen molar-refractivity contribution in [3.05, 3.63) is 18.5 Å². The molecule has 0 saturated carbocycles. The van der Waals surface area contributed by atoms with Gasteiger partial charge in [-0.2, -0.15) is 0 Å². The fourth-order valence-corrected chi connectivity index (χ4v) is 3.66. The van der Waals surface area contributed by atoms with Gasteiger partial charge in [-0.15, -0.1) is 0 Å². The first-order valence-corrected chi connectivity index (χ1v) is 8.47. The van der Waals surface area contributed by atoms with Gasteiger partial charge in [0.15, 0.2) is 0 Å². The van der Waals surface area contributed by atoms with Gasteiger partial charge in [0.25, 0.3) is 0 Å². The molecule has 0 aliphatic carbocycles. The van der Waals surface area contributed by atoms with Crippen molar-refractivity contribution in [3.63, 3.8) is 0 Å². The van der Waals surface area contributed by atoms with Crippen LogP contribution in [0.1, 0.15) is 39.5 Å². The number of rotatable bonds is 4. The van der Waals surface area contributed by atoms with Gasteiger partial charge in [-0.05, 0) is 38.8 Å². The SMILES string of the molecule is CCCNc1cncc(N2CC3CCCCN3CC2C)c1. The molecule has 116 valence electrons. The van der Waals surface area contributed by atoms with E-state index < -0.39 is 0 Å². The average molecular weight is 288 g/mol. The van der Waals surface area contributed by atoms with Crippen LogP contribution in [-0.2, 0) is 0 Å². The quantitative estimate of drug-likeness (QED) is 0.923. The van der Waals surface area contributed by atoms with Crippen LogP contribution in [0, 0.1) is 0 Å². The highest BCUT2D eigenvalue weighted by atomic mass is 15.3. The molecule has 21 heavy (non-hydrogen) atoms. The monoisotopic (exact) mass is 288 g/mol. The summed E-state index contributed by atoms with van der Waals surface area (Å²) in [6, 6.07) is 3.57. The summed E-state index contributed by atoms with van der Waals surface area (Å²) >= 11 is 0. The van der Waals surface area contributed by atoms with Gasteiger partial charge >= 0.3 is 0 Å². The number of nitrogens with zero attached hydrogens (tertiary/aromatic N) is 3. The molecule has 2 unspecified atom stereocenters. The lowest BCUT2D eigenvalue weighted by molar-refractivity contribution is 0.115. The van der Waals surface area contributed by atoms with Crippen LogP contribution in [0.2, 0.25) is 0 Å². The predicted molar refractivity (Wildman–Crippen MR) is 89.0 cm³/mol. The van der Waals surface area contributed by atoms with E-state index in [0.717, 1.165) is 31.2 Å². The van der Waals surface area contributed by atoms with Crippen LogP contribution in [0.25, 0.3) is 0 Å². The highest BCUT2D eigenvalue weighted by molar-refractivity contribution is 5.56. The third-order valence-electron chi connectivity index (χ3n) is 4.82. The van der Waals surface area contributed by atoms with E-state index in [9.17, 15) is 0 Å². The van der Waals surface area contributed by atoms with E-state index in [0.29, 0.717) is 6.04 Å². The molecule has 4 nitrogen and oxygen atoms in total. The van der Waals surface area contributed by atoms with Crippen molar-refractivity contribution < 1.29 is 0 Å². The second kappa shape index (κ2) is 6.65. The van der Waals surface area contributed by atoms with Crippen molar-refractivity contribution in [2.75, 3.05) is 36.4 Å². The molecule has 1 aromatic rings. The Labute approximate surface area is 128 Å². The third kappa shape index (κ3) is 3.31. The summed E-state index contributed by atoms with van der Waals surface area (Å²) in [5.41, 5.74) is 2.42. The van der Waals surface area contributed by atoms with Crippen molar-refractivity contribution >= 4 is 11.4 Å². The van der Waals surface area contributed by atoms with Crippen LogP contribution in [0.3, 0.4) is 0 Å². The number of pyridine rings is 1. The Morgan fingerprint density at radius 1 is 1.29 bits per heavy atom. The number of fused-ring (bicyclic) bond motifs is 1. The highest BCUT2D eigenvalue weighted by Crippen LogP contribution is 2.28. The molecule has 0 bridgehead atoms. The van der Waals surface area contributed by atoms with Gasteiger partial charge in [-0.1, -0.05) is 13.3 Å². The zero-order chi connectivity index (χ0) is 14.7. The van der Waals surface area contributed by atoms with Crippen LogP contribution in [-0.4, -0.2) is 48.1 Å². The maximum absolute atomic E-state index is 4.43. The topological polar surface area (TPSA) is 31.4 Å². The number of anilines is 2. The summed E-state index contributed by atoms with van der Waals surface area (Å²) in [7, 11) is 0. The van der Waals surface area contributed by atoms with Gasteiger partial charge < -0.3 is 10.2 Å². The summed E-state index contributed by atoms with van der Waals surface area (Å²) in [5, 5.41) is 3.45. The fraction of sp³-hybridized carbons (Fsp3) is 0.706. The summed E-state index contributed by atoms with van der Waals surface area (Å²) in [6.45, 7) is 9.18. The molecule has 2 aliphatic rings.